The van der Waals surface area contributed by atoms with Crippen molar-refractivity contribution >= 4 is 5.90 Å². The first-order chi connectivity index (χ1) is 7.05. The first-order valence-corrected chi connectivity index (χ1v) is 6.00. The predicted molar refractivity (Wildman–Crippen MR) is 66.7 cm³/mol. The van der Waals surface area contributed by atoms with Gasteiger partial charge >= 0.3 is 0 Å². The van der Waals surface area contributed by atoms with Gasteiger partial charge in [0.05, 0.1) is 6.04 Å². The van der Waals surface area contributed by atoms with Gasteiger partial charge in [-0.2, -0.15) is 0 Å². The van der Waals surface area contributed by atoms with Crippen molar-refractivity contribution in [1.29, 1.82) is 0 Å². The van der Waals surface area contributed by atoms with Crippen molar-refractivity contribution in [1.82, 2.24) is 0 Å². The first kappa shape index (κ1) is 13.5. The van der Waals surface area contributed by atoms with Crippen LogP contribution >= 0.6 is 0 Å². The molecule has 0 fully saturated rings. The maximum atomic E-state index is 10.2. The maximum absolute atomic E-state index is 10.2. The molecule has 2 atom stereocenters. The van der Waals surface area contributed by atoms with E-state index in [1.165, 1.54) is 0 Å². The van der Waals surface area contributed by atoms with Crippen molar-refractivity contribution < 1.29 is 9.84 Å². The van der Waals surface area contributed by atoms with Gasteiger partial charge < -0.3 is 9.84 Å². The van der Waals surface area contributed by atoms with Gasteiger partial charge in [0.2, 0.25) is 5.90 Å². The third kappa shape index (κ3) is 2.57. The van der Waals surface area contributed by atoms with Crippen LogP contribution in [0.25, 0.3) is 0 Å². The van der Waals surface area contributed by atoms with E-state index in [0.717, 1.165) is 0 Å². The average Bonchev–Trinajstić information content (AvgIpc) is 2.38. The molecule has 0 aromatic rings. The Morgan fingerprint density at radius 1 is 1.31 bits per heavy atom. The zero-order valence-corrected chi connectivity index (χ0v) is 11.5. The van der Waals surface area contributed by atoms with Gasteiger partial charge in [-0.1, -0.05) is 34.6 Å². The zero-order chi connectivity index (χ0) is 12.7. The number of aliphatic hydroxyl groups is 1. The van der Waals surface area contributed by atoms with E-state index < -0.39 is 6.10 Å². The molecular weight excluding hydrogens is 202 g/mol. The summed E-state index contributed by atoms with van der Waals surface area (Å²) in [4.78, 5) is 4.55. The van der Waals surface area contributed by atoms with E-state index in [1.807, 2.05) is 34.6 Å². The van der Waals surface area contributed by atoms with Crippen LogP contribution in [0.2, 0.25) is 0 Å². The number of ether oxygens (including phenoxy) is 1. The number of aliphatic hydroxyl groups excluding tert-OH is 1. The van der Waals surface area contributed by atoms with Crippen molar-refractivity contribution in [3.63, 3.8) is 0 Å². The molecule has 0 unspecified atom stereocenters. The number of hydrogen-bond donors (Lipinski definition) is 1. The lowest BCUT2D eigenvalue weighted by molar-refractivity contribution is 0.0423. The van der Waals surface area contributed by atoms with Crippen molar-refractivity contribution in [2.45, 2.75) is 66.2 Å². The normalized spacial score (nSPS) is 26.6. The molecule has 0 aliphatic carbocycles. The van der Waals surface area contributed by atoms with E-state index in [0.29, 0.717) is 11.8 Å². The fourth-order valence-electron chi connectivity index (χ4n) is 2.10. The third-order valence-electron chi connectivity index (χ3n) is 3.03. The summed E-state index contributed by atoms with van der Waals surface area (Å²) < 4.78 is 5.81. The number of rotatable bonds is 2. The van der Waals surface area contributed by atoms with Crippen molar-refractivity contribution in [3.05, 3.63) is 0 Å². The Kier molecular flexibility index (Phi) is 3.39. The number of aliphatic imine (C=N–C) groups is 1. The Balaban J connectivity index is 2.91. The summed E-state index contributed by atoms with van der Waals surface area (Å²) >= 11 is 0. The first-order valence-electron chi connectivity index (χ1n) is 6.00. The monoisotopic (exact) mass is 227 g/mol. The fourth-order valence-corrected chi connectivity index (χ4v) is 2.10. The quantitative estimate of drug-likeness (QED) is 0.788. The predicted octanol–water partition coefficient (Wildman–Crippen LogP) is 2.63. The largest absolute Gasteiger partial charge is 0.471 e. The van der Waals surface area contributed by atoms with Gasteiger partial charge in [-0.15, -0.1) is 0 Å². The van der Waals surface area contributed by atoms with Gasteiger partial charge in [0.1, 0.15) is 11.7 Å². The van der Waals surface area contributed by atoms with Gasteiger partial charge in [0.25, 0.3) is 0 Å². The maximum Gasteiger partial charge on any atom is 0.214 e. The minimum absolute atomic E-state index is 0.125. The molecule has 1 rings (SSSR count). The van der Waals surface area contributed by atoms with Crippen molar-refractivity contribution in [2.24, 2.45) is 16.3 Å². The van der Waals surface area contributed by atoms with Crippen LogP contribution in [0.4, 0.5) is 0 Å². The highest BCUT2D eigenvalue weighted by atomic mass is 16.5. The van der Waals surface area contributed by atoms with Crippen molar-refractivity contribution in [3.8, 4) is 0 Å². The van der Waals surface area contributed by atoms with Gasteiger partial charge in [0.15, 0.2) is 0 Å². The molecule has 3 nitrogen and oxygen atoms in total. The minimum Gasteiger partial charge on any atom is -0.471 e. The highest BCUT2D eigenvalue weighted by Gasteiger charge is 2.44. The van der Waals surface area contributed by atoms with Crippen LogP contribution < -0.4 is 0 Å². The van der Waals surface area contributed by atoms with Gasteiger partial charge in [-0.05, 0) is 25.2 Å². The standard InChI is InChI=1S/C13H25NO2/c1-8(2)9-13(6,7)16-11(14-9)10(15)12(3,4)5/h8-10,15H,1-7H3/t9-,10+/m0/s1. The summed E-state index contributed by atoms with van der Waals surface area (Å²) in [5.41, 5.74) is -0.545. The van der Waals surface area contributed by atoms with Gasteiger partial charge in [0, 0.05) is 0 Å². The molecule has 1 N–H and O–H groups in total. The molecule has 1 heterocycles. The summed E-state index contributed by atoms with van der Waals surface area (Å²) in [5, 5.41) is 10.2. The molecule has 0 radical (unpaired) electrons. The Bertz CT molecular complexity index is 287. The highest BCUT2D eigenvalue weighted by molar-refractivity contribution is 5.83. The molecule has 0 spiro atoms. The summed E-state index contributed by atoms with van der Waals surface area (Å²) in [6, 6.07) is 0.125. The minimum atomic E-state index is -0.629. The molecule has 1 aliphatic rings. The Labute approximate surface area is 98.9 Å². The van der Waals surface area contributed by atoms with Crippen LogP contribution in [0.5, 0.6) is 0 Å². The lowest BCUT2D eigenvalue weighted by Crippen LogP contribution is -2.39. The Morgan fingerprint density at radius 3 is 2.12 bits per heavy atom. The van der Waals surface area contributed by atoms with Crippen LogP contribution in [0.15, 0.2) is 4.99 Å². The summed E-state index contributed by atoms with van der Waals surface area (Å²) in [5.74, 6) is 0.913. The molecule has 0 saturated heterocycles. The van der Waals surface area contributed by atoms with E-state index >= 15 is 0 Å². The Hall–Kier alpha value is -0.570. The topological polar surface area (TPSA) is 41.8 Å². The molecular formula is C13H25NO2. The summed E-state index contributed by atoms with van der Waals surface area (Å²) in [6.07, 6.45) is -0.629. The highest BCUT2D eigenvalue weighted by Crippen LogP contribution is 2.34. The Morgan fingerprint density at radius 2 is 1.81 bits per heavy atom. The fraction of sp³-hybridized carbons (Fsp3) is 0.923. The molecule has 0 bridgehead atoms. The summed E-state index contributed by atoms with van der Waals surface area (Å²) in [6.45, 7) is 14.3. The van der Waals surface area contributed by atoms with Crippen LogP contribution in [-0.4, -0.2) is 28.8 Å². The SMILES string of the molecule is CC(C)[C@@H]1N=C([C@@H](O)C(C)(C)C)OC1(C)C. The van der Waals surface area contributed by atoms with Crippen LogP contribution in [0.3, 0.4) is 0 Å². The second-order valence-electron chi connectivity index (χ2n) is 6.63. The van der Waals surface area contributed by atoms with Crippen LogP contribution in [0.1, 0.15) is 48.5 Å². The lowest BCUT2D eigenvalue weighted by Gasteiger charge is -2.29. The number of nitrogens with zero attached hydrogens (tertiary/aromatic N) is 1. The smallest absolute Gasteiger partial charge is 0.214 e. The zero-order valence-electron chi connectivity index (χ0n) is 11.5. The molecule has 3 heteroatoms. The molecule has 16 heavy (non-hydrogen) atoms. The van der Waals surface area contributed by atoms with E-state index in [1.54, 1.807) is 0 Å². The second-order valence-corrected chi connectivity index (χ2v) is 6.63. The molecule has 94 valence electrons. The van der Waals surface area contributed by atoms with Crippen LogP contribution in [-0.2, 0) is 4.74 Å². The molecule has 0 saturated carbocycles. The molecule has 0 aromatic heterocycles. The van der Waals surface area contributed by atoms with Crippen LogP contribution in [0, 0.1) is 11.3 Å². The van der Waals surface area contributed by atoms with E-state index in [2.05, 4.69) is 18.8 Å². The second kappa shape index (κ2) is 4.02. The summed E-state index contributed by atoms with van der Waals surface area (Å²) in [7, 11) is 0. The van der Waals surface area contributed by atoms with E-state index in [9.17, 15) is 5.11 Å². The molecule has 0 amide bonds. The number of hydrogen-bond acceptors (Lipinski definition) is 3. The van der Waals surface area contributed by atoms with E-state index in [-0.39, 0.29) is 17.1 Å². The van der Waals surface area contributed by atoms with Gasteiger partial charge in [-0.3, -0.25) is 0 Å². The molecule has 0 aromatic carbocycles. The average molecular weight is 227 g/mol. The van der Waals surface area contributed by atoms with Crippen molar-refractivity contribution in [2.75, 3.05) is 0 Å². The van der Waals surface area contributed by atoms with Gasteiger partial charge in [-0.25, -0.2) is 4.99 Å². The van der Waals surface area contributed by atoms with E-state index in [4.69, 9.17) is 4.74 Å². The lowest BCUT2D eigenvalue weighted by atomic mass is 9.89. The molecule has 1 aliphatic heterocycles. The third-order valence-corrected chi connectivity index (χ3v) is 3.03.